The average Bonchev–Trinajstić information content (AvgIpc) is 3.25. The first-order valence-corrected chi connectivity index (χ1v) is 9.57. The second kappa shape index (κ2) is 6.28. The molecule has 0 unspecified atom stereocenters. The van der Waals surface area contributed by atoms with Crippen LogP contribution in [0, 0.1) is 0 Å². The van der Waals surface area contributed by atoms with Gasteiger partial charge in [-0.1, -0.05) is 36.4 Å². The Labute approximate surface area is 164 Å². The summed E-state index contributed by atoms with van der Waals surface area (Å²) in [6.07, 6.45) is 0. The lowest BCUT2D eigenvalue weighted by Gasteiger charge is -2.16. The lowest BCUT2D eigenvalue weighted by molar-refractivity contribution is 0.0641. The topological polar surface area (TPSA) is 70.5 Å². The van der Waals surface area contributed by atoms with Gasteiger partial charge in [0.15, 0.2) is 0 Å². The summed E-state index contributed by atoms with van der Waals surface area (Å²) in [4.78, 5) is 31.0. The molecule has 6 heteroatoms. The molecule has 3 aromatic carbocycles. The molecule has 0 saturated carbocycles. The monoisotopic (exact) mass is 386 g/mol. The molecule has 2 amide bonds. The molecule has 0 bridgehead atoms. The molecular formula is C22H14N2O3S. The molecule has 5 nitrogen and oxygen atoms in total. The first kappa shape index (κ1) is 16.6. The highest BCUT2D eigenvalue weighted by Gasteiger charge is 2.35. The van der Waals surface area contributed by atoms with E-state index in [1.807, 2.05) is 24.3 Å². The molecule has 5 rings (SSSR count). The zero-order chi connectivity index (χ0) is 19.3. The van der Waals surface area contributed by atoms with E-state index in [4.69, 9.17) is 0 Å². The van der Waals surface area contributed by atoms with Crippen molar-refractivity contribution >= 4 is 33.4 Å². The Morgan fingerprint density at radius 2 is 1.46 bits per heavy atom. The number of para-hydroxylation sites is 2. The summed E-state index contributed by atoms with van der Waals surface area (Å²) < 4.78 is 1.03. The normalized spacial score (nSPS) is 13.4. The molecule has 0 atom stereocenters. The Kier molecular flexibility index (Phi) is 3.74. The van der Waals surface area contributed by atoms with Crippen molar-refractivity contribution < 1.29 is 14.7 Å². The van der Waals surface area contributed by atoms with Gasteiger partial charge in [-0.05, 0) is 30.3 Å². The number of phenols is 1. The lowest BCUT2D eigenvalue weighted by atomic mass is 10.1. The number of phenolic OH excluding ortho intramolecular Hbond substituents is 1. The Morgan fingerprint density at radius 1 is 0.821 bits per heavy atom. The second-order valence-corrected chi connectivity index (χ2v) is 7.57. The van der Waals surface area contributed by atoms with Gasteiger partial charge in [0.2, 0.25) is 0 Å². The summed E-state index contributed by atoms with van der Waals surface area (Å²) in [5.74, 6) is -0.645. The Bertz CT molecular complexity index is 1190. The Morgan fingerprint density at radius 3 is 2.18 bits per heavy atom. The molecule has 0 radical (unpaired) electrons. The number of fused-ring (bicyclic) bond motifs is 2. The first-order chi connectivity index (χ1) is 13.6. The van der Waals surface area contributed by atoms with Crippen LogP contribution in [0.4, 0.5) is 0 Å². The maximum absolute atomic E-state index is 12.6. The number of benzene rings is 3. The minimum atomic E-state index is -0.342. The predicted octanol–water partition coefficient (Wildman–Crippen LogP) is 4.47. The lowest BCUT2D eigenvalue weighted by Crippen LogP contribution is -2.29. The molecule has 2 heterocycles. The van der Waals surface area contributed by atoms with Gasteiger partial charge in [-0.15, -0.1) is 11.3 Å². The van der Waals surface area contributed by atoms with Crippen molar-refractivity contribution in [3.05, 3.63) is 83.4 Å². The summed E-state index contributed by atoms with van der Waals surface area (Å²) in [5.41, 5.74) is 2.76. The van der Waals surface area contributed by atoms with Crippen LogP contribution in [0.25, 0.3) is 20.8 Å². The summed E-state index contributed by atoms with van der Waals surface area (Å²) in [5, 5.41) is 11.5. The van der Waals surface area contributed by atoms with Gasteiger partial charge >= 0.3 is 0 Å². The Balaban J connectivity index is 1.52. The molecule has 1 aliphatic heterocycles. The third-order valence-corrected chi connectivity index (χ3v) is 5.92. The van der Waals surface area contributed by atoms with Gasteiger partial charge in [-0.2, -0.15) is 0 Å². The number of amides is 2. The molecule has 0 fully saturated rings. The van der Waals surface area contributed by atoms with Crippen LogP contribution in [0.5, 0.6) is 5.75 Å². The molecule has 1 aromatic heterocycles. The fraction of sp³-hybridized carbons (Fsp3) is 0.0455. The van der Waals surface area contributed by atoms with E-state index in [0.717, 1.165) is 10.2 Å². The van der Waals surface area contributed by atoms with E-state index in [1.54, 1.807) is 42.5 Å². The quantitative estimate of drug-likeness (QED) is 0.528. The maximum Gasteiger partial charge on any atom is 0.261 e. The molecule has 0 spiro atoms. The summed E-state index contributed by atoms with van der Waals surface area (Å²) in [6.45, 7) is 0.0108. The molecule has 28 heavy (non-hydrogen) atoms. The highest BCUT2D eigenvalue weighted by molar-refractivity contribution is 7.21. The van der Waals surface area contributed by atoms with Crippen LogP contribution in [0.3, 0.4) is 0 Å². The number of thiazole rings is 1. The summed E-state index contributed by atoms with van der Waals surface area (Å²) in [7, 11) is 0. The zero-order valence-electron chi connectivity index (χ0n) is 14.6. The van der Waals surface area contributed by atoms with Gasteiger partial charge in [0.25, 0.3) is 11.8 Å². The number of hydrogen-bond donors (Lipinski definition) is 1. The molecular weight excluding hydrogens is 372 g/mol. The molecule has 4 aromatic rings. The van der Waals surface area contributed by atoms with Crippen molar-refractivity contribution in [2.24, 2.45) is 0 Å². The fourth-order valence-corrected chi connectivity index (χ4v) is 4.42. The van der Waals surface area contributed by atoms with Crippen molar-refractivity contribution in [2.45, 2.75) is 6.54 Å². The van der Waals surface area contributed by atoms with Gasteiger partial charge in [0, 0.05) is 5.56 Å². The number of carbonyl (C=O) groups excluding carboxylic acids is 2. The fourth-order valence-electron chi connectivity index (χ4n) is 3.43. The van der Waals surface area contributed by atoms with Gasteiger partial charge in [0.1, 0.15) is 10.8 Å². The van der Waals surface area contributed by atoms with Crippen LogP contribution in [-0.4, -0.2) is 26.8 Å². The average molecular weight is 386 g/mol. The van der Waals surface area contributed by atoms with Crippen molar-refractivity contribution in [3.63, 3.8) is 0 Å². The van der Waals surface area contributed by atoms with Crippen LogP contribution < -0.4 is 0 Å². The molecule has 136 valence electrons. The predicted molar refractivity (Wildman–Crippen MR) is 107 cm³/mol. The van der Waals surface area contributed by atoms with Gasteiger partial charge in [0.05, 0.1) is 33.5 Å². The third kappa shape index (κ3) is 2.50. The van der Waals surface area contributed by atoms with Crippen LogP contribution in [0.2, 0.25) is 0 Å². The molecule has 0 aliphatic carbocycles. The molecule has 1 N–H and O–H groups in total. The number of carbonyl (C=O) groups is 2. The molecule has 1 aliphatic rings. The number of aromatic nitrogens is 1. The van der Waals surface area contributed by atoms with E-state index < -0.39 is 0 Å². The van der Waals surface area contributed by atoms with E-state index in [-0.39, 0.29) is 24.1 Å². The van der Waals surface area contributed by atoms with E-state index in [9.17, 15) is 14.7 Å². The highest BCUT2D eigenvalue weighted by Crippen LogP contribution is 2.38. The van der Waals surface area contributed by atoms with Crippen molar-refractivity contribution in [1.82, 2.24) is 9.88 Å². The number of imide groups is 1. The van der Waals surface area contributed by atoms with Crippen LogP contribution >= 0.6 is 11.3 Å². The number of nitrogens with zero attached hydrogens (tertiary/aromatic N) is 2. The summed E-state index contributed by atoms with van der Waals surface area (Å²) >= 11 is 1.49. The Hall–Kier alpha value is -3.51. The SMILES string of the molecule is O=C1c2ccccc2C(=O)N1Cc1cccc(-c2nc3ccccc3s2)c1O. The van der Waals surface area contributed by atoms with E-state index >= 15 is 0 Å². The minimum absolute atomic E-state index is 0.0108. The van der Waals surface area contributed by atoms with Crippen molar-refractivity contribution in [2.75, 3.05) is 0 Å². The standard InChI is InChI=1S/C22H14N2O3S/c25-19-13(12-24-21(26)14-7-1-2-8-15(14)22(24)27)6-5-9-16(19)20-23-17-10-3-4-11-18(17)28-20/h1-11,25H,12H2. The third-order valence-electron chi connectivity index (χ3n) is 4.85. The van der Waals surface area contributed by atoms with Gasteiger partial charge < -0.3 is 5.11 Å². The zero-order valence-corrected chi connectivity index (χ0v) is 15.4. The van der Waals surface area contributed by atoms with Gasteiger partial charge in [-0.25, -0.2) is 4.98 Å². The van der Waals surface area contributed by atoms with Crippen LogP contribution in [0.15, 0.2) is 66.7 Å². The number of rotatable bonds is 3. The van der Waals surface area contributed by atoms with E-state index in [2.05, 4.69) is 4.98 Å². The smallest absolute Gasteiger partial charge is 0.261 e. The highest BCUT2D eigenvalue weighted by atomic mass is 32.1. The largest absolute Gasteiger partial charge is 0.507 e. The van der Waals surface area contributed by atoms with E-state index in [0.29, 0.717) is 27.3 Å². The summed E-state index contributed by atoms with van der Waals surface area (Å²) in [6, 6.07) is 19.8. The van der Waals surface area contributed by atoms with E-state index in [1.165, 1.54) is 16.2 Å². The number of aromatic hydroxyl groups is 1. The maximum atomic E-state index is 12.6. The van der Waals surface area contributed by atoms with Crippen molar-refractivity contribution in [1.29, 1.82) is 0 Å². The van der Waals surface area contributed by atoms with Crippen LogP contribution in [-0.2, 0) is 6.54 Å². The van der Waals surface area contributed by atoms with Crippen molar-refractivity contribution in [3.8, 4) is 16.3 Å². The minimum Gasteiger partial charge on any atom is -0.507 e. The van der Waals surface area contributed by atoms with Crippen LogP contribution in [0.1, 0.15) is 26.3 Å². The number of hydrogen-bond acceptors (Lipinski definition) is 5. The molecule has 0 saturated heterocycles. The van der Waals surface area contributed by atoms with Gasteiger partial charge in [-0.3, -0.25) is 14.5 Å². The second-order valence-electron chi connectivity index (χ2n) is 6.54. The first-order valence-electron chi connectivity index (χ1n) is 8.75.